The van der Waals surface area contributed by atoms with Gasteiger partial charge in [0.1, 0.15) is 5.75 Å². The molecule has 9 heteroatoms. The third kappa shape index (κ3) is 5.13. The number of carbonyl (C=O) groups excluding carboxylic acids is 2. The molecule has 0 aliphatic rings. The summed E-state index contributed by atoms with van der Waals surface area (Å²) >= 11 is 0. The summed E-state index contributed by atoms with van der Waals surface area (Å²) in [5.41, 5.74) is 1.06. The van der Waals surface area contributed by atoms with E-state index < -0.39 is 17.4 Å². The number of oxazole rings is 1. The molecule has 0 radical (unpaired) electrons. The second-order valence-corrected chi connectivity index (χ2v) is 7.32. The predicted octanol–water partition coefficient (Wildman–Crippen LogP) is 2.06. The molecule has 2 aromatic heterocycles. The summed E-state index contributed by atoms with van der Waals surface area (Å²) in [6.45, 7) is 3.55. The molecule has 0 spiro atoms. The van der Waals surface area contributed by atoms with Gasteiger partial charge in [-0.05, 0) is 32.0 Å². The lowest BCUT2D eigenvalue weighted by Crippen LogP contribution is -2.49. The highest BCUT2D eigenvalue weighted by Gasteiger charge is 2.26. The minimum atomic E-state index is -0.815. The van der Waals surface area contributed by atoms with Crippen molar-refractivity contribution in [2.24, 2.45) is 0 Å². The van der Waals surface area contributed by atoms with Crippen LogP contribution >= 0.6 is 0 Å². The summed E-state index contributed by atoms with van der Waals surface area (Å²) in [6.07, 6.45) is 6.05. The SMILES string of the molecule is COc1cc(NC(=O)C(=O)NC(C)(C)Cc2ccc[n+]([O-])c2)ccc1-c1cnco1. The van der Waals surface area contributed by atoms with Gasteiger partial charge in [0.2, 0.25) is 0 Å². The molecular formula is C21H22N4O5. The van der Waals surface area contributed by atoms with Crippen LogP contribution in [0.1, 0.15) is 19.4 Å². The van der Waals surface area contributed by atoms with Gasteiger partial charge in [-0.1, -0.05) is 0 Å². The van der Waals surface area contributed by atoms with E-state index in [1.54, 1.807) is 50.4 Å². The highest BCUT2D eigenvalue weighted by Crippen LogP contribution is 2.32. The van der Waals surface area contributed by atoms with Crippen molar-refractivity contribution < 1.29 is 23.5 Å². The van der Waals surface area contributed by atoms with Crippen LogP contribution in [-0.4, -0.2) is 29.4 Å². The van der Waals surface area contributed by atoms with E-state index in [2.05, 4.69) is 15.6 Å². The number of ether oxygens (including phenoxy) is 1. The van der Waals surface area contributed by atoms with Gasteiger partial charge in [0.25, 0.3) is 0 Å². The minimum Gasteiger partial charge on any atom is -0.619 e. The number of nitrogens with one attached hydrogen (secondary N) is 2. The van der Waals surface area contributed by atoms with E-state index in [1.807, 2.05) is 0 Å². The van der Waals surface area contributed by atoms with E-state index in [-0.39, 0.29) is 0 Å². The van der Waals surface area contributed by atoms with E-state index in [0.29, 0.717) is 33.9 Å². The Morgan fingerprint density at radius 1 is 1.27 bits per heavy atom. The predicted molar refractivity (Wildman–Crippen MR) is 108 cm³/mol. The van der Waals surface area contributed by atoms with Crippen LogP contribution in [0.4, 0.5) is 5.69 Å². The number of hydrogen-bond donors (Lipinski definition) is 2. The Morgan fingerprint density at radius 2 is 2.07 bits per heavy atom. The van der Waals surface area contributed by atoms with Crippen LogP contribution < -0.4 is 20.1 Å². The van der Waals surface area contributed by atoms with Gasteiger partial charge in [-0.2, -0.15) is 4.73 Å². The first-order valence-corrected chi connectivity index (χ1v) is 9.15. The summed E-state index contributed by atoms with van der Waals surface area (Å²) in [5.74, 6) is -0.626. The van der Waals surface area contributed by atoms with Gasteiger partial charge < -0.3 is 25.0 Å². The van der Waals surface area contributed by atoms with Crippen LogP contribution in [0.3, 0.4) is 0 Å². The molecule has 0 aliphatic carbocycles. The quantitative estimate of drug-likeness (QED) is 0.365. The summed E-state index contributed by atoms with van der Waals surface area (Å²) in [7, 11) is 1.49. The standard InChI is InChI=1S/C21H22N4O5/c1-21(2,10-14-5-4-8-25(28)12-14)24-20(27)19(26)23-15-6-7-16(17(9-15)29-3)18-11-22-13-30-18/h4-9,11-13H,10H2,1-3H3,(H,23,26)(H,24,27). The molecule has 0 saturated carbocycles. The Labute approximate surface area is 173 Å². The fourth-order valence-electron chi connectivity index (χ4n) is 3.03. The smallest absolute Gasteiger partial charge is 0.313 e. The third-order valence-electron chi connectivity index (χ3n) is 4.30. The molecule has 0 unspecified atom stereocenters. The maximum absolute atomic E-state index is 12.4. The van der Waals surface area contributed by atoms with Gasteiger partial charge in [-0.25, -0.2) is 4.98 Å². The van der Waals surface area contributed by atoms with Crippen LogP contribution in [0, 0.1) is 5.21 Å². The fraction of sp³-hybridized carbons (Fsp3) is 0.238. The Balaban J connectivity index is 1.65. The minimum absolute atomic E-state index is 0.384. The lowest BCUT2D eigenvalue weighted by atomic mass is 9.96. The zero-order chi connectivity index (χ0) is 21.7. The topological polar surface area (TPSA) is 120 Å². The Kier molecular flexibility index (Phi) is 6.01. The molecule has 0 saturated heterocycles. The van der Waals surface area contributed by atoms with Crippen LogP contribution in [0.15, 0.2) is 59.7 Å². The number of anilines is 1. The second-order valence-electron chi connectivity index (χ2n) is 7.32. The molecule has 30 heavy (non-hydrogen) atoms. The number of carbonyl (C=O) groups is 2. The first-order valence-electron chi connectivity index (χ1n) is 9.15. The van der Waals surface area contributed by atoms with E-state index >= 15 is 0 Å². The van der Waals surface area contributed by atoms with Crippen LogP contribution in [-0.2, 0) is 16.0 Å². The van der Waals surface area contributed by atoms with Crippen molar-refractivity contribution >= 4 is 17.5 Å². The number of pyridine rings is 1. The van der Waals surface area contributed by atoms with Crippen molar-refractivity contribution in [1.29, 1.82) is 0 Å². The zero-order valence-corrected chi connectivity index (χ0v) is 16.8. The lowest BCUT2D eigenvalue weighted by molar-refractivity contribution is -0.605. The van der Waals surface area contributed by atoms with Crippen molar-refractivity contribution in [3.63, 3.8) is 0 Å². The first kappa shape index (κ1) is 20.8. The highest BCUT2D eigenvalue weighted by molar-refractivity contribution is 6.39. The molecule has 2 amide bonds. The summed E-state index contributed by atoms with van der Waals surface area (Å²) in [4.78, 5) is 28.6. The third-order valence-corrected chi connectivity index (χ3v) is 4.30. The lowest BCUT2D eigenvalue weighted by Gasteiger charge is -2.25. The molecule has 3 rings (SSSR count). The maximum atomic E-state index is 12.4. The first-order chi connectivity index (χ1) is 14.3. The summed E-state index contributed by atoms with van der Waals surface area (Å²) in [5, 5.41) is 16.6. The van der Waals surface area contributed by atoms with E-state index in [0.717, 1.165) is 5.56 Å². The van der Waals surface area contributed by atoms with Crippen molar-refractivity contribution in [1.82, 2.24) is 10.3 Å². The normalized spacial score (nSPS) is 11.0. The molecule has 0 bridgehead atoms. The van der Waals surface area contributed by atoms with E-state index in [4.69, 9.17) is 9.15 Å². The van der Waals surface area contributed by atoms with Gasteiger partial charge >= 0.3 is 11.8 Å². The zero-order valence-electron chi connectivity index (χ0n) is 16.8. The molecule has 2 heterocycles. The molecular weight excluding hydrogens is 388 g/mol. The number of amides is 2. The number of nitrogens with zero attached hydrogens (tertiary/aromatic N) is 2. The van der Waals surface area contributed by atoms with Crippen molar-refractivity contribution in [3.05, 3.63) is 66.1 Å². The second kappa shape index (κ2) is 8.64. The van der Waals surface area contributed by atoms with Crippen LogP contribution in [0.5, 0.6) is 5.75 Å². The monoisotopic (exact) mass is 410 g/mol. The van der Waals surface area contributed by atoms with Crippen LogP contribution in [0.2, 0.25) is 0 Å². The van der Waals surface area contributed by atoms with E-state index in [9.17, 15) is 14.8 Å². The van der Waals surface area contributed by atoms with Crippen molar-refractivity contribution in [2.45, 2.75) is 25.8 Å². The largest absolute Gasteiger partial charge is 0.619 e. The van der Waals surface area contributed by atoms with E-state index in [1.165, 1.54) is 25.9 Å². The Morgan fingerprint density at radius 3 is 2.73 bits per heavy atom. The van der Waals surface area contributed by atoms with Gasteiger partial charge in [-0.3, -0.25) is 9.59 Å². The highest BCUT2D eigenvalue weighted by atomic mass is 16.5. The molecule has 1 aromatic carbocycles. The Hall–Kier alpha value is -3.88. The molecule has 9 nitrogen and oxygen atoms in total. The number of methoxy groups -OCH3 is 1. The molecule has 0 fully saturated rings. The Bertz CT molecular complexity index is 1050. The fourth-order valence-corrected chi connectivity index (χ4v) is 3.03. The average Bonchev–Trinajstić information content (AvgIpc) is 3.21. The van der Waals surface area contributed by atoms with Gasteiger partial charge in [-0.15, -0.1) is 0 Å². The molecule has 0 aliphatic heterocycles. The van der Waals surface area contributed by atoms with Crippen molar-refractivity contribution in [2.75, 3.05) is 12.4 Å². The molecule has 3 aromatic rings. The number of rotatable bonds is 6. The van der Waals surface area contributed by atoms with Gasteiger partial charge in [0.15, 0.2) is 24.5 Å². The number of aromatic nitrogens is 2. The van der Waals surface area contributed by atoms with Gasteiger partial charge in [0.05, 0.1) is 18.9 Å². The summed E-state index contributed by atoms with van der Waals surface area (Å²) in [6, 6.07) is 8.33. The summed E-state index contributed by atoms with van der Waals surface area (Å²) < 4.78 is 11.3. The average molecular weight is 410 g/mol. The van der Waals surface area contributed by atoms with Crippen LogP contribution in [0.25, 0.3) is 11.3 Å². The number of benzene rings is 1. The number of hydrogen-bond acceptors (Lipinski definition) is 6. The molecule has 156 valence electrons. The maximum Gasteiger partial charge on any atom is 0.313 e. The molecule has 0 atom stereocenters. The van der Waals surface area contributed by atoms with Gasteiger partial charge in [0, 0.05) is 35.3 Å². The van der Waals surface area contributed by atoms with Crippen molar-refractivity contribution in [3.8, 4) is 17.1 Å². The molecule has 2 N–H and O–H groups in total.